The Kier molecular flexibility index (Phi) is 2.92. The van der Waals surface area contributed by atoms with Gasteiger partial charge in [-0.2, -0.15) is 4.98 Å². The van der Waals surface area contributed by atoms with Crippen LogP contribution in [0, 0.1) is 6.92 Å². The zero-order valence-corrected chi connectivity index (χ0v) is 14.5. The molecule has 0 saturated heterocycles. The highest BCUT2D eigenvalue weighted by atomic mass is 16.5. The summed E-state index contributed by atoms with van der Waals surface area (Å²) in [5.74, 6) is 1.47. The van der Waals surface area contributed by atoms with Crippen LogP contribution in [0.4, 0.5) is 11.8 Å². The predicted octanol–water partition coefficient (Wildman–Crippen LogP) is 2.94. The molecule has 0 bridgehead atoms. The van der Waals surface area contributed by atoms with Gasteiger partial charge in [0.05, 0.1) is 34.2 Å². The Balaban J connectivity index is 1.89. The number of benzene rings is 2. The molecule has 130 valence electrons. The Morgan fingerprint density at radius 1 is 1.15 bits per heavy atom. The van der Waals surface area contributed by atoms with Crippen molar-refractivity contribution in [3.05, 3.63) is 41.7 Å². The molecular formula is C19H18N6O. The second-order valence-corrected chi connectivity index (χ2v) is 6.82. The zero-order chi connectivity index (χ0) is 18.0. The highest BCUT2D eigenvalue weighted by molar-refractivity contribution is 5.98. The maximum atomic E-state index is 6.12. The zero-order valence-electron chi connectivity index (χ0n) is 14.5. The Labute approximate surface area is 149 Å². The summed E-state index contributed by atoms with van der Waals surface area (Å²) < 4.78 is 8.06. The molecule has 3 heterocycles. The van der Waals surface area contributed by atoms with Gasteiger partial charge in [-0.05, 0) is 30.7 Å². The number of fused-ring (bicyclic) bond motifs is 4. The van der Waals surface area contributed by atoms with Crippen molar-refractivity contribution >= 4 is 33.7 Å². The molecule has 0 aliphatic carbocycles. The number of anilines is 2. The highest BCUT2D eigenvalue weighted by Gasteiger charge is 2.29. The molecule has 4 N–H and O–H groups in total. The van der Waals surface area contributed by atoms with Crippen LogP contribution in [0.3, 0.4) is 0 Å². The highest BCUT2D eigenvalue weighted by Crippen LogP contribution is 2.45. The number of aromatic nitrogens is 4. The molecule has 4 aromatic rings. The summed E-state index contributed by atoms with van der Waals surface area (Å²) >= 11 is 0. The van der Waals surface area contributed by atoms with Gasteiger partial charge in [0.2, 0.25) is 5.95 Å². The van der Waals surface area contributed by atoms with Crippen LogP contribution in [0.15, 0.2) is 30.6 Å². The molecule has 1 aliphatic rings. The van der Waals surface area contributed by atoms with Crippen LogP contribution in [0.2, 0.25) is 0 Å². The molecule has 26 heavy (non-hydrogen) atoms. The molecule has 5 rings (SSSR count). The molecular weight excluding hydrogens is 328 g/mol. The van der Waals surface area contributed by atoms with Crippen LogP contribution < -0.4 is 16.2 Å². The molecule has 0 saturated carbocycles. The van der Waals surface area contributed by atoms with Crippen LogP contribution in [0.5, 0.6) is 5.75 Å². The van der Waals surface area contributed by atoms with Crippen molar-refractivity contribution in [3.63, 3.8) is 0 Å². The number of rotatable bonds is 1. The van der Waals surface area contributed by atoms with Gasteiger partial charge in [0.25, 0.3) is 0 Å². The van der Waals surface area contributed by atoms with Crippen LogP contribution >= 0.6 is 0 Å². The van der Waals surface area contributed by atoms with Gasteiger partial charge in [-0.1, -0.05) is 13.0 Å². The summed E-state index contributed by atoms with van der Waals surface area (Å²) in [6.45, 7) is 4.79. The summed E-state index contributed by atoms with van der Waals surface area (Å²) in [6.07, 6.45) is 1.84. The lowest BCUT2D eigenvalue weighted by Gasteiger charge is -2.15. The maximum Gasteiger partial charge on any atom is 0.222 e. The van der Waals surface area contributed by atoms with E-state index in [2.05, 4.69) is 51.6 Å². The van der Waals surface area contributed by atoms with Gasteiger partial charge in [-0.3, -0.25) is 4.57 Å². The number of ether oxygens (including phenoxy) is 1. The van der Waals surface area contributed by atoms with E-state index in [0.717, 1.165) is 33.4 Å². The van der Waals surface area contributed by atoms with Crippen LogP contribution in [-0.4, -0.2) is 26.1 Å². The van der Waals surface area contributed by atoms with Gasteiger partial charge in [0.15, 0.2) is 0 Å². The van der Waals surface area contributed by atoms with E-state index in [0.29, 0.717) is 17.9 Å². The molecule has 0 radical (unpaired) electrons. The minimum atomic E-state index is 0.151. The Hall–Kier alpha value is -3.35. The van der Waals surface area contributed by atoms with E-state index in [1.807, 2.05) is 12.4 Å². The fraction of sp³-hybridized carbons (Fsp3) is 0.211. The van der Waals surface area contributed by atoms with E-state index in [1.165, 1.54) is 5.56 Å². The smallest absolute Gasteiger partial charge is 0.222 e. The summed E-state index contributed by atoms with van der Waals surface area (Å²) in [5.41, 5.74) is 17.8. The largest absolute Gasteiger partial charge is 0.492 e. The number of nitrogens with two attached hydrogens (primary N) is 2. The number of nitrogen functional groups attached to an aromatic ring is 2. The molecule has 0 spiro atoms. The third kappa shape index (κ3) is 1.97. The van der Waals surface area contributed by atoms with Crippen LogP contribution in [0.25, 0.3) is 27.6 Å². The second-order valence-electron chi connectivity index (χ2n) is 6.82. The van der Waals surface area contributed by atoms with E-state index in [9.17, 15) is 0 Å². The minimum Gasteiger partial charge on any atom is -0.492 e. The number of aryl methyl sites for hydroxylation is 1. The second kappa shape index (κ2) is 5.08. The van der Waals surface area contributed by atoms with Gasteiger partial charge in [0.1, 0.15) is 17.9 Å². The number of hydrogen-bond acceptors (Lipinski definition) is 6. The normalized spacial score (nSPS) is 16.2. The lowest BCUT2D eigenvalue weighted by molar-refractivity contribution is 0.340. The van der Waals surface area contributed by atoms with E-state index in [1.54, 1.807) is 0 Å². The van der Waals surface area contributed by atoms with Crippen molar-refractivity contribution in [3.8, 4) is 11.4 Å². The molecule has 1 unspecified atom stereocenters. The summed E-state index contributed by atoms with van der Waals surface area (Å²) in [5, 5.41) is 0.725. The summed E-state index contributed by atoms with van der Waals surface area (Å²) in [4.78, 5) is 13.0. The molecule has 7 nitrogen and oxygen atoms in total. The molecule has 7 heteroatoms. The summed E-state index contributed by atoms with van der Waals surface area (Å²) in [7, 11) is 0. The van der Waals surface area contributed by atoms with Gasteiger partial charge in [0, 0.05) is 11.5 Å². The van der Waals surface area contributed by atoms with E-state index < -0.39 is 0 Å². The Bertz CT molecular complexity index is 1200. The maximum absolute atomic E-state index is 6.12. The lowest BCUT2D eigenvalue weighted by Crippen LogP contribution is -2.04. The number of hydrogen-bond donors (Lipinski definition) is 2. The molecule has 0 amide bonds. The first-order valence-electron chi connectivity index (χ1n) is 8.49. The van der Waals surface area contributed by atoms with Gasteiger partial charge in [-0.15, -0.1) is 0 Å². The molecule has 0 fully saturated rings. The van der Waals surface area contributed by atoms with Gasteiger partial charge in [-0.25, -0.2) is 9.97 Å². The van der Waals surface area contributed by atoms with Crippen molar-refractivity contribution < 1.29 is 4.74 Å². The molecule has 2 aromatic carbocycles. The van der Waals surface area contributed by atoms with E-state index in [-0.39, 0.29) is 11.9 Å². The van der Waals surface area contributed by atoms with Crippen LogP contribution in [0.1, 0.15) is 24.0 Å². The Morgan fingerprint density at radius 2 is 2.00 bits per heavy atom. The Morgan fingerprint density at radius 3 is 2.85 bits per heavy atom. The SMILES string of the molecule is Cc1ccc2c(c1)ncn2-c1cc2nc(N)nc(N)c2c2c1C(C)CO2. The van der Waals surface area contributed by atoms with Gasteiger partial charge >= 0.3 is 0 Å². The molecule has 2 aromatic heterocycles. The first-order valence-corrected chi connectivity index (χ1v) is 8.49. The average Bonchev–Trinajstić information content (AvgIpc) is 3.17. The first-order chi connectivity index (χ1) is 12.5. The third-order valence-corrected chi connectivity index (χ3v) is 4.94. The quantitative estimate of drug-likeness (QED) is 0.549. The van der Waals surface area contributed by atoms with E-state index in [4.69, 9.17) is 16.2 Å². The molecule has 1 aliphatic heterocycles. The fourth-order valence-electron chi connectivity index (χ4n) is 3.74. The fourth-order valence-corrected chi connectivity index (χ4v) is 3.74. The lowest BCUT2D eigenvalue weighted by atomic mass is 9.98. The standard InChI is InChI=1S/C19H18N6O/c1-9-3-4-13-11(5-9)22-8-25(13)14-6-12-16(18(20)24-19(21)23-12)17-15(14)10(2)7-26-17/h3-6,8,10H,7H2,1-2H3,(H4,20,21,23,24). The summed E-state index contributed by atoms with van der Waals surface area (Å²) in [6, 6.07) is 8.23. The average molecular weight is 346 g/mol. The van der Waals surface area contributed by atoms with Crippen molar-refractivity contribution in [2.45, 2.75) is 19.8 Å². The first kappa shape index (κ1) is 14.9. The minimum absolute atomic E-state index is 0.151. The predicted molar refractivity (Wildman–Crippen MR) is 102 cm³/mol. The number of nitrogens with zero attached hydrogens (tertiary/aromatic N) is 4. The van der Waals surface area contributed by atoms with Gasteiger partial charge < -0.3 is 16.2 Å². The van der Waals surface area contributed by atoms with E-state index >= 15 is 0 Å². The third-order valence-electron chi connectivity index (χ3n) is 4.94. The van der Waals surface area contributed by atoms with Crippen molar-refractivity contribution in [1.29, 1.82) is 0 Å². The topological polar surface area (TPSA) is 105 Å². The molecule has 1 atom stereocenters. The van der Waals surface area contributed by atoms with Crippen molar-refractivity contribution in [2.24, 2.45) is 0 Å². The number of imidazole rings is 1. The van der Waals surface area contributed by atoms with Crippen molar-refractivity contribution in [1.82, 2.24) is 19.5 Å². The van der Waals surface area contributed by atoms with Crippen molar-refractivity contribution in [2.75, 3.05) is 18.1 Å². The van der Waals surface area contributed by atoms with Crippen LogP contribution in [-0.2, 0) is 0 Å². The monoisotopic (exact) mass is 346 g/mol.